The van der Waals surface area contributed by atoms with Crippen molar-refractivity contribution < 1.29 is 9.90 Å². The van der Waals surface area contributed by atoms with Gasteiger partial charge >= 0.3 is 0 Å². The zero-order valence-electron chi connectivity index (χ0n) is 9.91. The van der Waals surface area contributed by atoms with Crippen LogP contribution in [-0.4, -0.2) is 22.2 Å². The van der Waals surface area contributed by atoms with E-state index < -0.39 is 0 Å². The van der Waals surface area contributed by atoms with Crippen LogP contribution in [0.1, 0.15) is 11.3 Å². The Bertz CT molecular complexity index is 609. The second-order valence-electron chi connectivity index (χ2n) is 3.74. The second-order valence-corrected chi connectivity index (χ2v) is 4.63. The van der Waals surface area contributed by atoms with E-state index >= 15 is 0 Å². The van der Waals surface area contributed by atoms with Crippen LogP contribution >= 0.6 is 11.3 Å². The average Bonchev–Trinajstić information content (AvgIpc) is 2.75. The molecule has 4 N–H and O–H groups in total. The summed E-state index contributed by atoms with van der Waals surface area (Å²) in [7, 11) is 0. The van der Waals surface area contributed by atoms with Crippen LogP contribution in [0.5, 0.6) is 5.75 Å². The van der Waals surface area contributed by atoms with Gasteiger partial charge in [-0.3, -0.25) is 4.79 Å². The number of hydrogen-bond acceptors (Lipinski definition) is 6. The third kappa shape index (κ3) is 4.07. The van der Waals surface area contributed by atoms with Crippen LogP contribution in [0.2, 0.25) is 0 Å². The number of carbonyl (C=O) groups excluding carboxylic acids is 1. The number of nitrogen functional groups attached to an aromatic ring is 1. The van der Waals surface area contributed by atoms with Crippen LogP contribution in [0, 0.1) is 0 Å². The van der Waals surface area contributed by atoms with Crippen molar-refractivity contribution >= 4 is 28.6 Å². The fraction of sp³-hybridized carbons (Fsp3) is 0.0833. The number of aromatic hydroxyl groups is 1. The topological polar surface area (TPSA) is 101 Å². The maximum Gasteiger partial charge on any atom is 0.246 e. The number of nitrogens with zero attached hydrogens (tertiary/aromatic N) is 2. The Morgan fingerprint density at radius 1 is 1.58 bits per heavy atom. The first kappa shape index (κ1) is 13.0. The monoisotopic (exact) mass is 276 g/mol. The highest BCUT2D eigenvalue weighted by Crippen LogP contribution is 2.11. The molecule has 6 nitrogen and oxygen atoms in total. The van der Waals surface area contributed by atoms with Crippen molar-refractivity contribution in [2.75, 3.05) is 5.73 Å². The van der Waals surface area contributed by atoms with E-state index in [1.54, 1.807) is 23.6 Å². The molecule has 1 aromatic carbocycles. The van der Waals surface area contributed by atoms with Crippen molar-refractivity contribution in [1.82, 2.24) is 10.4 Å². The van der Waals surface area contributed by atoms with Crippen molar-refractivity contribution in [3.8, 4) is 5.75 Å². The lowest BCUT2D eigenvalue weighted by Crippen LogP contribution is -2.19. The molecule has 1 amide bonds. The molecule has 7 heteroatoms. The molecule has 1 aromatic heterocycles. The zero-order valence-corrected chi connectivity index (χ0v) is 10.7. The Balaban J connectivity index is 1.86. The quantitative estimate of drug-likeness (QED) is 0.575. The first-order valence-electron chi connectivity index (χ1n) is 5.44. The minimum atomic E-state index is -0.276. The summed E-state index contributed by atoms with van der Waals surface area (Å²) in [5, 5.41) is 15.2. The van der Waals surface area contributed by atoms with Gasteiger partial charge in [-0.1, -0.05) is 12.1 Å². The number of phenolic OH excluding ortho intramolecular Hbond substituents is 1. The van der Waals surface area contributed by atoms with E-state index in [9.17, 15) is 9.90 Å². The minimum Gasteiger partial charge on any atom is -0.508 e. The summed E-state index contributed by atoms with van der Waals surface area (Å²) >= 11 is 1.29. The largest absolute Gasteiger partial charge is 0.508 e. The summed E-state index contributed by atoms with van der Waals surface area (Å²) in [4.78, 5) is 15.5. The van der Waals surface area contributed by atoms with E-state index in [0.717, 1.165) is 0 Å². The number of benzene rings is 1. The van der Waals surface area contributed by atoms with E-state index in [0.29, 0.717) is 16.4 Å². The predicted molar refractivity (Wildman–Crippen MR) is 74.1 cm³/mol. The molecule has 0 aliphatic rings. The lowest BCUT2D eigenvalue weighted by molar-refractivity contribution is -0.120. The fourth-order valence-corrected chi connectivity index (χ4v) is 1.95. The molecule has 98 valence electrons. The third-order valence-electron chi connectivity index (χ3n) is 2.18. The van der Waals surface area contributed by atoms with Crippen LogP contribution in [0.4, 0.5) is 5.13 Å². The number of nitrogens with one attached hydrogen (secondary N) is 1. The molecule has 0 aliphatic heterocycles. The van der Waals surface area contributed by atoms with Crippen LogP contribution < -0.4 is 11.2 Å². The Morgan fingerprint density at radius 2 is 2.42 bits per heavy atom. The molecule has 1 heterocycles. The van der Waals surface area contributed by atoms with E-state index in [4.69, 9.17) is 5.73 Å². The number of hydrazone groups is 1. The maximum atomic E-state index is 11.5. The lowest BCUT2D eigenvalue weighted by Gasteiger charge is -1.97. The first-order chi connectivity index (χ1) is 9.13. The summed E-state index contributed by atoms with van der Waals surface area (Å²) in [6.45, 7) is 0. The average molecular weight is 276 g/mol. The van der Waals surface area contributed by atoms with Gasteiger partial charge in [0.1, 0.15) is 5.75 Å². The number of nitrogens with two attached hydrogens (primary N) is 1. The van der Waals surface area contributed by atoms with Gasteiger partial charge in [-0.05, 0) is 17.7 Å². The molecule has 0 saturated heterocycles. The van der Waals surface area contributed by atoms with Gasteiger partial charge in [0.2, 0.25) is 5.91 Å². The van der Waals surface area contributed by atoms with Gasteiger partial charge in [0, 0.05) is 5.38 Å². The first-order valence-corrected chi connectivity index (χ1v) is 6.32. The SMILES string of the molecule is Nc1nc(CC(=O)N/N=C/c2cccc(O)c2)cs1. The van der Waals surface area contributed by atoms with Crippen LogP contribution in [0.25, 0.3) is 0 Å². The predicted octanol–water partition coefficient (Wildman–Crippen LogP) is 1.12. The number of phenols is 1. The summed E-state index contributed by atoms with van der Waals surface area (Å²) in [5.74, 6) is -0.130. The molecule has 19 heavy (non-hydrogen) atoms. The smallest absolute Gasteiger partial charge is 0.246 e. The van der Waals surface area contributed by atoms with Crippen LogP contribution in [0.3, 0.4) is 0 Å². The molecular formula is C12H12N4O2S. The number of anilines is 1. The number of amides is 1. The van der Waals surface area contributed by atoms with Crippen molar-refractivity contribution in [3.05, 3.63) is 40.9 Å². The van der Waals surface area contributed by atoms with Gasteiger partial charge in [-0.2, -0.15) is 5.10 Å². The van der Waals surface area contributed by atoms with Gasteiger partial charge in [0.25, 0.3) is 0 Å². The number of thiazole rings is 1. The molecule has 0 aliphatic carbocycles. The summed E-state index contributed by atoms with van der Waals surface area (Å²) < 4.78 is 0. The second kappa shape index (κ2) is 5.96. The van der Waals surface area contributed by atoms with Gasteiger partial charge in [0.15, 0.2) is 5.13 Å². The number of hydrogen-bond donors (Lipinski definition) is 3. The van der Waals surface area contributed by atoms with E-state index in [-0.39, 0.29) is 18.1 Å². The van der Waals surface area contributed by atoms with Gasteiger partial charge in [0.05, 0.1) is 18.3 Å². The third-order valence-corrected chi connectivity index (χ3v) is 2.91. The molecule has 0 bridgehead atoms. The van der Waals surface area contributed by atoms with Gasteiger partial charge in [-0.25, -0.2) is 10.4 Å². The van der Waals surface area contributed by atoms with Crippen molar-refractivity contribution in [2.24, 2.45) is 5.10 Å². The summed E-state index contributed by atoms with van der Waals surface area (Å²) in [6, 6.07) is 6.55. The highest BCUT2D eigenvalue weighted by atomic mass is 32.1. The maximum absolute atomic E-state index is 11.5. The van der Waals surface area contributed by atoms with Gasteiger partial charge < -0.3 is 10.8 Å². The Hall–Kier alpha value is -2.41. The molecular weight excluding hydrogens is 264 g/mol. The molecule has 0 spiro atoms. The molecule has 0 unspecified atom stereocenters. The highest BCUT2D eigenvalue weighted by molar-refractivity contribution is 7.13. The highest BCUT2D eigenvalue weighted by Gasteiger charge is 2.05. The van der Waals surface area contributed by atoms with Gasteiger partial charge in [-0.15, -0.1) is 11.3 Å². The molecule has 0 atom stereocenters. The molecule has 2 aromatic rings. The van der Waals surface area contributed by atoms with E-state index in [1.807, 2.05) is 0 Å². The zero-order chi connectivity index (χ0) is 13.7. The molecule has 0 fully saturated rings. The molecule has 2 rings (SSSR count). The number of rotatable bonds is 4. The van der Waals surface area contributed by atoms with E-state index in [2.05, 4.69) is 15.5 Å². The Morgan fingerprint density at radius 3 is 3.11 bits per heavy atom. The molecule has 0 radical (unpaired) electrons. The van der Waals surface area contributed by atoms with Crippen molar-refractivity contribution in [3.63, 3.8) is 0 Å². The minimum absolute atomic E-state index is 0.130. The Kier molecular flexibility index (Phi) is 4.09. The summed E-state index contributed by atoms with van der Waals surface area (Å²) in [6.07, 6.45) is 1.58. The number of aromatic nitrogens is 1. The standard InChI is InChI=1S/C12H12N4O2S/c13-12-15-9(7-19-12)5-11(18)16-14-6-8-2-1-3-10(17)4-8/h1-4,6-7,17H,5H2,(H2,13,15)(H,16,18)/b14-6+. The van der Waals surface area contributed by atoms with Crippen molar-refractivity contribution in [2.45, 2.75) is 6.42 Å². The van der Waals surface area contributed by atoms with Crippen molar-refractivity contribution in [1.29, 1.82) is 0 Å². The Labute approximate surface area is 113 Å². The summed E-state index contributed by atoms with van der Waals surface area (Å²) in [5.41, 5.74) is 9.16. The number of carbonyl (C=O) groups is 1. The van der Waals surface area contributed by atoms with E-state index in [1.165, 1.54) is 23.6 Å². The van der Waals surface area contributed by atoms with Crippen LogP contribution in [0.15, 0.2) is 34.7 Å². The normalized spacial score (nSPS) is 10.7. The fourth-order valence-electron chi connectivity index (χ4n) is 1.39. The molecule has 0 saturated carbocycles. The lowest BCUT2D eigenvalue weighted by atomic mass is 10.2. The van der Waals surface area contributed by atoms with Crippen LogP contribution in [-0.2, 0) is 11.2 Å².